The van der Waals surface area contributed by atoms with Crippen LogP contribution in [0.1, 0.15) is 19.4 Å². The molecule has 0 saturated heterocycles. The van der Waals surface area contributed by atoms with Crippen LogP contribution in [0.4, 0.5) is 0 Å². The molecule has 2 heteroatoms. The standard InChI is InChI=1S/C14H18N2/c1-14(2,15-3)9-11-5-4-6-12-10-16-8-7-13(11)12/h4-8,10,15H,9H2,1-3H3. The topological polar surface area (TPSA) is 24.9 Å². The molecule has 2 nitrogen and oxygen atoms in total. The lowest BCUT2D eigenvalue weighted by atomic mass is 9.92. The largest absolute Gasteiger partial charge is 0.314 e. The van der Waals surface area contributed by atoms with E-state index in [0.717, 1.165) is 6.42 Å². The van der Waals surface area contributed by atoms with Gasteiger partial charge < -0.3 is 5.32 Å². The first-order chi connectivity index (χ1) is 7.62. The van der Waals surface area contributed by atoms with Crippen LogP contribution in [-0.4, -0.2) is 17.6 Å². The number of aromatic nitrogens is 1. The summed E-state index contributed by atoms with van der Waals surface area (Å²) < 4.78 is 0. The van der Waals surface area contributed by atoms with Crippen LogP contribution in [0.3, 0.4) is 0 Å². The first-order valence-corrected chi connectivity index (χ1v) is 5.63. The fourth-order valence-electron chi connectivity index (χ4n) is 1.91. The van der Waals surface area contributed by atoms with E-state index in [9.17, 15) is 0 Å². The van der Waals surface area contributed by atoms with Crippen molar-refractivity contribution < 1.29 is 0 Å². The highest BCUT2D eigenvalue weighted by molar-refractivity contribution is 5.84. The zero-order valence-corrected chi connectivity index (χ0v) is 10.1. The van der Waals surface area contributed by atoms with E-state index in [1.54, 1.807) is 0 Å². The fourth-order valence-corrected chi connectivity index (χ4v) is 1.91. The summed E-state index contributed by atoms with van der Waals surface area (Å²) >= 11 is 0. The Kier molecular flexibility index (Phi) is 2.92. The summed E-state index contributed by atoms with van der Waals surface area (Å²) in [5.74, 6) is 0. The lowest BCUT2D eigenvalue weighted by Crippen LogP contribution is -2.38. The van der Waals surface area contributed by atoms with E-state index >= 15 is 0 Å². The van der Waals surface area contributed by atoms with Gasteiger partial charge in [0.1, 0.15) is 0 Å². The summed E-state index contributed by atoms with van der Waals surface area (Å²) in [6.07, 6.45) is 4.80. The molecule has 0 aliphatic rings. The molecule has 1 N–H and O–H groups in total. The van der Waals surface area contributed by atoms with Crippen LogP contribution in [0.2, 0.25) is 0 Å². The summed E-state index contributed by atoms with van der Waals surface area (Å²) in [5, 5.41) is 5.86. The van der Waals surface area contributed by atoms with Crippen molar-refractivity contribution in [3.8, 4) is 0 Å². The van der Waals surface area contributed by atoms with Crippen LogP contribution in [0.15, 0.2) is 36.7 Å². The Morgan fingerprint density at radius 1 is 1.25 bits per heavy atom. The van der Waals surface area contributed by atoms with Gasteiger partial charge in [-0.3, -0.25) is 4.98 Å². The second-order valence-electron chi connectivity index (χ2n) is 4.82. The minimum absolute atomic E-state index is 0.123. The lowest BCUT2D eigenvalue weighted by molar-refractivity contribution is 0.423. The second kappa shape index (κ2) is 4.22. The van der Waals surface area contributed by atoms with Crippen LogP contribution in [0.5, 0.6) is 0 Å². The molecule has 84 valence electrons. The third-order valence-electron chi connectivity index (χ3n) is 3.08. The molecule has 0 radical (unpaired) electrons. The molecule has 2 rings (SSSR count). The van der Waals surface area contributed by atoms with Crippen LogP contribution in [0.25, 0.3) is 10.8 Å². The van der Waals surface area contributed by atoms with Gasteiger partial charge in [0, 0.05) is 23.3 Å². The molecular formula is C14H18N2. The van der Waals surface area contributed by atoms with Crippen molar-refractivity contribution >= 4 is 10.8 Å². The van der Waals surface area contributed by atoms with E-state index in [1.165, 1.54) is 16.3 Å². The number of fused-ring (bicyclic) bond motifs is 1. The maximum absolute atomic E-state index is 4.15. The maximum Gasteiger partial charge on any atom is 0.0346 e. The fraction of sp³-hybridized carbons (Fsp3) is 0.357. The number of benzene rings is 1. The van der Waals surface area contributed by atoms with Crippen LogP contribution in [-0.2, 0) is 6.42 Å². The van der Waals surface area contributed by atoms with E-state index in [-0.39, 0.29) is 5.54 Å². The third-order valence-corrected chi connectivity index (χ3v) is 3.08. The molecule has 16 heavy (non-hydrogen) atoms. The Morgan fingerprint density at radius 2 is 2.06 bits per heavy atom. The predicted molar refractivity (Wildman–Crippen MR) is 68.6 cm³/mol. The molecule has 0 atom stereocenters. The zero-order chi connectivity index (χ0) is 11.6. The Morgan fingerprint density at radius 3 is 2.81 bits per heavy atom. The summed E-state index contributed by atoms with van der Waals surface area (Å²) in [7, 11) is 2.01. The van der Waals surface area contributed by atoms with Crippen molar-refractivity contribution in [2.45, 2.75) is 25.8 Å². The quantitative estimate of drug-likeness (QED) is 0.849. The summed E-state index contributed by atoms with van der Waals surface area (Å²) in [6, 6.07) is 8.50. The molecule has 0 aliphatic carbocycles. The van der Waals surface area contributed by atoms with Crippen LogP contribution >= 0.6 is 0 Å². The van der Waals surface area contributed by atoms with Crippen molar-refractivity contribution in [3.63, 3.8) is 0 Å². The van der Waals surface area contributed by atoms with E-state index in [0.29, 0.717) is 0 Å². The number of likely N-dealkylation sites (N-methyl/N-ethyl adjacent to an activating group) is 1. The molecule has 0 unspecified atom stereocenters. The van der Waals surface area contributed by atoms with Gasteiger partial charge in [0.25, 0.3) is 0 Å². The summed E-state index contributed by atoms with van der Waals surface area (Å²) in [6.45, 7) is 4.43. The summed E-state index contributed by atoms with van der Waals surface area (Å²) in [5.41, 5.74) is 1.50. The highest BCUT2D eigenvalue weighted by atomic mass is 14.9. The first-order valence-electron chi connectivity index (χ1n) is 5.63. The number of pyridine rings is 1. The molecule has 0 fully saturated rings. The van der Waals surface area contributed by atoms with Gasteiger partial charge in [-0.25, -0.2) is 0 Å². The van der Waals surface area contributed by atoms with Crippen LogP contribution in [0, 0.1) is 0 Å². The van der Waals surface area contributed by atoms with E-state index < -0.39 is 0 Å². The third kappa shape index (κ3) is 2.22. The monoisotopic (exact) mass is 214 g/mol. The molecule has 0 aliphatic heterocycles. The number of rotatable bonds is 3. The molecular weight excluding hydrogens is 196 g/mol. The molecule has 0 spiro atoms. The van der Waals surface area contributed by atoms with E-state index in [2.05, 4.69) is 48.4 Å². The van der Waals surface area contributed by atoms with Gasteiger partial charge >= 0.3 is 0 Å². The Labute approximate surface area is 96.7 Å². The second-order valence-corrected chi connectivity index (χ2v) is 4.82. The summed E-state index contributed by atoms with van der Waals surface area (Å²) in [4.78, 5) is 4.15. The maximum atomic E-state index is 4.15. The Balaban J connectivity index is 2.45. The highest BCUT2D eigenvalue weighted by Gasteiger charge is 2.16. The van der Waals surface area contributed by atoms with Crippen molar-refractivity contribution in [1.29, 1.82) is 0 Å². The van der Waals surface area contributed by atoms with Gasteiger partial charge in [0.05, 0.1) is 0 Å². The number of nitrogens with zero attached hydrogens (tertiary/aromatic N) is 1. The van der Waals surface area contributed by atoms with E-state index in [1.807, 2.05) is 19.4 Å². The minimum Gasteiger partial charge on any atom is -0.314 e. The van der Waals surface area contributed by atoms with Gasteiger partial charge in [-0.1, -0.05) is 18.2 Å². The highest BCUT2D eigenvalue weighted by Crippen LogP contribution is 2.21. The van der Waals surface area contributed by atoms with Gasteiger partial charge in [0.2, 0.25) is 0 Å². The average molecular weight is 214 g/mol. The van der Waals surface area contributed by atoms with Gasteiger partial charge in [-0.05, 0) is 44.3 Å². The number of nitrogens with one attached hydrogen (secondary N) is 1. The SMILES string of the molecule is CNC(C)(C)Cc1cccc2cnccc12. The average Bonchev–Trinajstić information content (AvgIpc) is 2.29. The molecule has 1 heterocycles. The van der Waals surface area contributed by atoms with E-state index in [4.69, 9.17) is 0 Å². The molecule has 0 saturated carbocycles. The molecule has 0 amide bonds. The van der Waals surface area contributed by atoms with Gasteiger partial charge in [-0.2, -0.15) is 0 Å². The molecule has 1 aromatic carbocycles. The molecule has 0 bridgehead atoms. The smallest absolute Gasteiger partial charge is 0.0346 e. The first kappa shape index (κ1) is 11.1. The van der Waals surface area contributed by atoms with Crippen molar-refractivity contribution in [1.82, 2.24) is 10.3 Å². The van der Waals surface area contributed by atoms with Crippen molar-refractivity contribution in [2.75, 3.05) is 7.05 Å². The Bertz CT molecular complexity index is 484. The van der Waals surface area contributed by atoms with Crippen LogP contribution < -0.4 is 5.32 Å². The number of hydrogen-bond donors (Lipinski definition) is 1. The van der Waals surface area contributed by atoms with Crippen molar-refractivity contribution in [3.05, 3.63) is 42.2 Å². The normalized spacial score (nSPS) is 11.9. The minimum atomic E-state index is 0.123. The number of hydrogen-bond acceptors (Lipinski definition) is 2. The molecule has 2 aromatic rings. The zero-order valence-electron chi connectivity index (χ0n) is 10.1. The predicted octanol–water partition coefficient (Wildman–Crippen LogP) is 2.78. The van der Waals surface area contributed by atoms with Crippen molar-refractivity contribution in [2.24, 2.45) is 0 Å². The Hall–Kier alpha value is -1.41. The van der Waals surface area contributed by atoms with Gasteiger partial charge in [0.15, 0.2) is 0 Å². The molecule has 1 aromatic heterocycles. The van der Waals surface area contributed by atoms with Gasteiger partial charge in [-0.15, -0.1) is 0 Å². The lowest BCUT2D eigenvalue weighted by Gasteiger charge is -2.24.